The Morgan fingerprint density at radius 2 is 2.06 bits per heavy atom. The molecule has 0 saturated heterocycles. The number of carbonyl (C=O) groups excluding carboxylic acids is 2. The average molecular weight is 223 g/mol. The zero-order chi connectivity index (χ0) is 12.3. The van der Waals surface area contributed by atoms with Gasteiger partial charge in [0, 0.05) is 5.69 Å². The first-order valence-corrected chi connectivity index (χ1v) is 4.37. The van der Waals surface area contributed by atoms with Crippen LogP contribution in [0.25, 0.3) is 0 Å². The van der Waals surface area contributed by atoms with Gasteiger partial charge < -0.3 is 11.1 Å². The second-order valence-electron chi connectivity index (χ2n) is 3.14. The van der Waals surface area contributed by atoms with Crippen LogP contribution < -0.4 is 11.1 Å². The normalized spacial score (nSPS) is 9.62. The van der Waals surface area contributed by atoms with E-state index in [1.165, 1.54) is 13.0 Å². The zero-order valence-electron chi connectivity index (χ0n) is 8.50. The van der Waals surface area contributed by atoms with Crippen molar-refractivity contribution in [1.29, 1.82) is 5.41 Å². The molecule has 0 aliphatic carbocycles. The molecular formula is C10H10FN3O2. The van der Waals surface area contributed by atoms with E-state index < -0.39 is 17.6 Å². The highest BCUT2D eigenvalue weighted by atomic mass is 19.1. The van der Waals surface area contributed by atoms with Crippen molar-refractivity contribution in [2.24, 2.45) is 5.73 Å². The molecule has 1 aromatic carbocycles. The molecule has 0 saturated carbocycles. The molecule has 16 heavy (non-hydrogen) atoms. The minimum Gasteiger partial charge on any atom is -0.366 e. The molecule has 6 heteroatoms. The van der Waals surface area contributed by atoms with Gasteiger partial charge >= 0.3 is 0 Å². The van der Waals surface area contributed by atoms with Gasteiger partial charge in [0.1, 0.15) is 5.82 Å². The summed E-state index contributed by atoms with van der Waals surface area (Å²) in [5.74, 6) is -2.29. The zero-order valence-corrected chi connectivity index (χ0v) is 8.50. The number of carbonyl (C=O) groups is 2. The van der Waals surface area contributed by atoms with Crippen molar-refractivity contribution in [1.82, 2.24) is 0 Å². The number of rotatable bonds is 3. The van der Waals surface area contributed by atoms with Gasteiger partial charge in [0.15, 0.2) is 0 Å². The Bertz CT molecular complexity index is 471. The van der Waals surface area contributed by atoms with Crippen LogP contribution in [-0.2, 0) is 4.79 Å². The van der Waals surface area contributed by atoms with Crippen molar-refractivity contribution >= 4 is 23.2 Å². The van der Waals surface area contributed by atoms with Gasteiger partial charge in [-0.3, -0.25) is 15.0 Å². The third kappa shape index (κ3) is 2.63. The van der Waals surface area contributed by atoms with Gasteiger partial charge in [-0.25, -0.2) is 4.39 Å². The van der Waals surface area contributed by atoms with E-state index in [0.29, 0.717) is 0 Å². The molecule has 0 radical (unpaired) electrons. The van der Waals surface area contributed by atoms with Crippen LogP contribution in [0.2, 0.25) is 0 Å². The van der Waals surface area contributed by atoms with E-state index in [9.17, 15) is 14.0 Å². The third-order valence-electron chi connectivity index (χ3n) is 1.83. The fourth-order valence-electron chi connectivity index (χ4n) is 1.02. The van der Waals surface area contributed by atoms with Crippen LogP contribution in [-0.4, -0.2) is 17.5 Å². The number of hydrogen-bond acceptors (Lipinski definition) is 3. The highest BCUT2D eigenvalue weighted by Crippen LogP contribution is 2.14. The van der Waals surface area contributed by atoms with Crippen LogP contribution in [0.4, 0.5) is 10.1 Å². The number of primary amides is 1. The van der Waals surface area contributed by atoms with Gasteiger partial charge in [0.05, 0.1) is 11.3 Å². The van der Waals surface area contributed by atoms with Gasteiger partial charge in [0.25, 0.3) is 11.8 Å². The minimum absolute atomic E-state index is 0.190. The van der Waals surface area contributed by atoms with E-state index in [4.69, 9.17) is 11.1 Å². The summed E-state index contributed by atoms with van der Waals surface area (Å²) in [6.45, 7) is 1.31. The van der Waals surface area contributed by atoms with E-state index in [0.717, 1.165) is 12.1 Å². The van der Waals surface area contributed by atoms with E-state index in [-0.39, 0.29) is 17.0 Å². The maximum absolute atomic E-state index is 13.1. The Morgan fingerprint density at radius 3 is 2.56 bits per heavy atom. The van der Waals surface area contributed by atoms with Gasteiger partial charge in [-0.2, -0.15) is 0 Å². The summed E-state index contributed by atoms with van der Waals surface area (Å²) >= 11 is 0. The lowest BCUT2D eigenvalue weighted by Gasteiger charge is -2.05. The Balaban J connectivity index is 3.00. The molecule has 2 amide bonds. The van der Waals surface area contributed by atoms with Gasteiger partial charge in [-0.15, -0.1) is 0 Å². The Hall–Kier alpha value is -2.24. The minimum atomic E-state index is -0.917. The van der Waals surface area contributed by atoms with Gasteiger partial charge in [-0.05, 0) is 25.1 Å². The van der Waals surface area contributed by atoms with Crippen molar-refractivity contribution in [3.05, 3.63) is 29.6 Å². The van der Waals surface area contributed by atoms with E-state index >= 15 is 0 Å². The Morgan fingerprint density at radius 1 is 1.44 bits per heavy atom. The number of nitrogens with two attached hydrogens (primary N) is 1. The lowest BCUT2D eigenvalue weighted by atomic mass is 10.1. The number of amides is 2. The topological polar surface area (TPSA) is 96.0 Å². The fourth-order valence-corrected chi connectivity index (χ4v) is 1.02. The fraction of sp³-hybridized carbons (Fsp3) is 0.100. The summed E-state index contributed by atoms with van der Waals surface area (Å²) in [7, 11) is 0. The summed E-state index contributed by atoms with van der Waals surface area (Å²) in [5, 5.41) is 9.38. The molecule has 84 valence electrons. The van der Waals surface area contributed by atoms with Crippen molar-refractivity contribution < 1.29 is 14.0 Å². The van der Waals surface area contributed by atoms with Crippen LogP contribution in [0.5, 0.6) is 0 Å². The SMILES string of the molecule is CC(=N)C(=O)Nc1ccc(F)c(C(N)=O)c1. The van der Waals surface area contributed by atoms with Crippen LogP contribution in [0.3, 0.4) is 0 Å². The van der Waals surface area contributed by atoms with E-state index in [1.807, 2.05) is 0 Å². The average Bonchev–Trinajstić information content (AvgIpc) is 2.20. The monoisotopic (exact) mass is 223 g/mol. The largest absolute Gasteiger partial charge is 0.366 e. The number of benzene rings is 1. The quantitative estimate of drug-likeness (QED) is 0.664. The molecule has 0 aliphatic rings. The van der Waals surface area contributed by atoms with Crippen LogP contribution in [0.15, 0.2) is 18.2 Å². The number of anilines is 1. The first kappa shape index (κ1) is 11.8. The molecule has 1 aromatic rings. The smallest absolute Gasteiger partial charge is 0.269 e. The molecule has 0 fully saturated rings. The molecule has 0 aromatic heterocycles. The summed E-state index contributed by atoms with van der Waals surface area (Å²) in [4.78, 5) is 22.0. The number of hydrogen-bond donors (Lipinski definition) is 3. The predicted molar refractivity (Wildman–Crippen MR) is 56.9 cm³/mol. The maximum Gasteiger partial charge on any atom is 0.269 e. The predicted octanol–water partition coefficient (Wildman–Crippen LogP) is 0.903. The maximum atomic E-state index is 13.1. The first-order chi connectivity index (χ1) is 7.41. The lowest BCUT2D eigenvalue weighted by molar-refractivity contribution is -0.110. The standard InChI is InChI=1S/C10H10FN3O2/c1-5(12)10(16)14-6-2-3-8(11)7(4-6)9(13)15/h2-4,12H,1H3,(H2,13,15)(H,14,16). The molecule has 4 N–H and O–H groups in total. The second kappa shape index (κ2) is 4.52. The van der Waals surface area contributed by atoms with Crippen molar-refractivity contribution in [2.75, 3.05) is 5.32 Å². The molecule has 0 bridgehead atoms. The van der Waals surface area contributed by atoms with Crippen LogP contribution in [0.1, 0.15) is 17.3 Å². The molecule has 0 aliphatic heterocycles. The second-order valence-corrected chi connectivity index (χ2v) is 3.14. The summed E-state index contributed by atoms with van der Waals surface area (Å²) < 4.78 is 13.1. The molecular weight excluding hydrogens is 213 g/mol. The highest BCUT2D eigenvalue weighted by Gasteiger charge is 2.10. The third-order valence-corrected chi connectivity index (χ3v) is 1.83. The molecule has 0 unspecified atom stereocenters. The van der Waals surface area contributed by atoms with E-state index in [1.54, 1.807) is 0 Å². The van der Waals surface area contributed by atoms with Crippen LogP contribution >= 0.6 is 0 Å². The van der Waals surface area contributed by atoms with Crippen molar-refractivity contribution in [3.8, 4) is 0 Å². The van der Waals surface area contributed by atoms with Crippen molar-refractivity contribution in [2.45, 2.75) is 6.92 Å². The molecule has 0 spiro atoms. The Kier molecular flexibility index (Phi) is 3.34. The molecule has 0 heterocycles. The van der Waals surface area contributed by atoms with Gasteiger partial charge in [0.2, 0.25) is 0 Å². The lowest BCUT2D eigenvalue weighted by Crippen LogP contribution is -2.20. The number of halogens is 1. The summed E-state index contributed by atoms with van der Waals surface area (Å²) in [6, 6.07) is 3.43. The van der Waals surface area contributed by atoms with Crippen LogP contribution in [0, 0.1) is 11.2 Å². The molecule has 5 nitrogen and oxygen atoms in total. The molecule has 0 atom stereocenters. The van der Waals surface area contributed by atoms with Crippen molar-refractivity contribution in [3.63, 3.8) is 0 Å². The van der Waals surface area contributed by atoms with Gasteiger partial charge in [-0.1, -0.05) is 0 Å². The highest BCUT2D eigenvalue weighted by molar-refractivity contribution is 6.41. The first-order valence-electron chi connectivity index (χ1n) is 4.37. The summed E-state index contributed by atoms with van der Waals surface area (Å²) in [6.07, 6.45) is 0. The number of nitrogens with one attached hydrogen (secondary N) is 2. The molecule has 1 rings (SSSR count). The van der Waals surface area contributed by atoms with E-state index in [2.05, 4.69) is 5.32 Å². The summed E-state index contributed by atoms with van der Waals surface area (Å²) in [5.41, 5.74) is 4.66. The Labute approximate surface area is 91.0 Å².